The second-order valence-corrected chi connectivity index (χ2v) is 4.13. The molecule has 0 aliphatic rings. The quantitative estimate of drug-likeness (QED) is 0.878. The van der Waals surface area contributed by atoms with Gasteiger partial charge in [-0.25, -0.2) is 9.97 Å². The Balaban J connectivity index is 2.51. The number of carboxylic acid groups (broad SMARTS) is 1. The van der Waals surface area contributed by atoms with Crippen LogP contribution in [0.4, 0.5) is 0 Å². The molecule has 0 saturated heterocycles. The minimum atomic E-state index is -0.804. The second-order valence-electron chi connectivity index (χ2n) is 4.13. The Morgan fingerprint density at radius 1 is 1.29 bits per heavy atom. The molecule has 1 aromatic carbocycles. The first-order chi connectivity index (χ1) is 8.06. The van der Waals surface area contributed by atoms with Crippen LogP contribution in [0.3, 0.4) is 0 Å². The van der Waals surface area contributed by atoms with E-state index < -0.39 is 5.97 Å². The number of carbonyl (C=O) groups is 1. The minimum absolute atomic E-state index is 0.0967. The summed E-state index contributed by atoms with van der Waals surface area (Å²) in [4.78, 5) is 19.3. The molecule has 1 heterocycles. The molecule has 0 atom stereocenters. The van der Waals surface area contributed by atoms with Crippen LogP contribution in [0.5, 0.6) is 0 Å². The maximum atomic E-state index is 10.6. The number of hydrogen-bond acceptors (Lipinski definition) is 3. The fourth-order valence-electron chi connectivity index (χ4n) is 1.85. The third kappa shape index (κ3) is 2.58. The van der Waals surface area contributed by atoms with Crippen LogP contribution in [-0.2, 0) is 11.2 Å². The first-order valence-corrected chi connectivity index (χ1v) is 5.52. The molecular formula is C13H14N2O2. The first kappa shape index (κ1) is 11.5. The Morgan fingerprint density at radius 2 is 2.06 bits per heavy atom. The molecular weight excluding hydrogens is 216 g/mol. The molecule has 4 nitrogen and oxygen atoms in total. The van der Waals surface area contributed by atoms with E-state index in [1.165, 1.54) is 0 Å². The van der Waals surface area contributed by atoms with Crippen molar-refractivity contribution in [1.82, 2.24) is 9.97 Å². The molecule has 1 aromatic heterocycles. The maximum absolute atomic E-state index is 10.6. The SMILES string of the molecule is Cc1ccc2nc(C)nc(CCC(=O)O)c2c1. The molecule has 2 rings (SSSR count). The van der Waals surface area contributed by atoms with Gasteiger partial charge in [-0.1, -0.05) is 11.6 Å². The summed E-state index contributed by atoms with van der Waals surface area (Å²) < 4.78 is 0. The van der Waals surface area contributed by atoms with E-state index in [1.54, 1.807) is 0 Å². The number of fused-ring (bicyclic) bond motifs is 1. The van der Waals surface area contributed by atoms with Crippen molar-refractivity contribution in [2.45, 2.75) is 26.7 Å². The van der Waals surface area contributed by atoms with Gasteiger partial charge in [0.1, 0.15) is 5.82 Å². The molecule has 1 N–H and O–H groups in total. The van der Waals surface area contributed by atoms with Crippen molar-refractivity contribution in [3.8, 4) is 0 Å². The number of carboxylic acids is 1. The molecule has 0 unspecified atom stereocenters. The largest absolute Gasteiger partial charge is 0.481 e. The van der Waals surface area contributed by atoms with Gasteiger partial charge in [-0.3, -0.25) is 4.79 Å². The van der Waals surface area contributed by atoms with Crippen molar-refractivity contribution >= 4 is 16.9 Å². The van der Waals surface area contributed by atoms with Gasteiger partial charge >= 0.3 is 5.97 Å². The molecule has 0 saturated carbocycles. The highest BCUT2D eigenvalue weighted by atomic mass is 16.4. The standard InChI is InChI=1S/C13H14N2O2/c1-8-3-4-11-10(7-8)12(5-6-13(16)17)15-9(2)14-11/h3-4,7H,5-6H2,1-2H3,(H,16,17). The van der Waals surface area contributed by atoms with Crippen LogP contribution in [0.1, 0.15) is 23.5 Å². The molecule has 0 aliphatic carbocycles. The summed E-state index contributed by atoms with van der Waals surface area (Å²) in [6.45, 7) is 3.82. The van der Waals surface area contributed by atoms with E-state index in [1.807, 2.05) is 32.0 Å². The second kappa shape index (κ2) is 4.49. The lowest BCUT2D eigenvalue weighted by atomic mass is 10.1. The highest BCUT2D eigenvalue weighted by Crippen LogP contribution is 2.18. The smallest absolute Gasteiger partial charge is 0.303 e. The average Bonchev–Trinajstić information content (AvgIpc) is 2.26. The predicted molar refractivity (Wildman–Crippen MR) is 65.0 cm³/mol. The Labute approximate surface area is 99.3 Å². The molecule has 0 amide bonds. The van der Waals surface area contributed by atoms with Gasteiger partial charge < -0.3 is 5.11 Å². The third-order valence-corrected chi connectivity index (χ3v) is 2.62. The van der Waals surface area contributed by atoms with Crippen molar-refractivity contribution in [3.63, 3.8) is 0 Å². The van der Waals surface area contributed by atoms with Crippen LogP contribution in [0.2, 0.25) is 0 Å². The van der Waals surface area contributed by atoms with Gasteiger partial charge in [0, 0.05) is 11.8 Å². The van der Waals surface area contributed by atoms with Gasteiger partial charge in [-0.2, -0.15) is 0 Å². The number of hydrogen-bond donors (Lipinski definition) is 1. The van der Waals surface area contributed by atoms with Gasteiger partial charge in [0.15, 0.2) is 0 Å². The van der Waals surface area contributed by atoms with E-state index in [0.29, 0.717) is 12.2 Å². The van der Waals surface area contributed by atoms with Crippen molar-refractivity contribution in [1.29, 1.82) is 0 Å². The molecule has 88 valence electrons. The number of nitrogens with zero attached hydrogens (tertiary/aromatic N) is 2. The lowest BCUT2D eigenvalue weighted by Gasteiger charge is -2.06. The van der Waals surface area contributed by atoms with Crippen LogP contribution in [-0.4, -0.2) is 21.0 Å². The number of benzene rings is 1. The van der Waals surface area contributed by atoms with Gasteiger partial charge in [-0.15, -0.1) is 0 Å². The Hall–Kier alpha value is -1.97. The fourth-order valence-corrected chi connectivity index (χ4v) is 1.85. The summed E-state index contributed by atoms with van der Waals surface area (Å²) in [5.74, 6) is -0.121. The van der Waals surface area contributed by atoms with E-state index >= 15 is 0 Å². The van der Waals surface area contributed by atoms with E-state index in [4.69, 9.17) is 5.11 Å². The van der Waals surface area contributed by atoms with Gasteiger partial charge in [0.2, 0.25) is 0 Å². The third-order valence-electron chi connectivity index (χ3n) is 2.62. The van der Waals surface area contributed by atoms with Crippen molar-refractivity contribution in [2.24, 2.45) is 0 Å². The molecule has 0 fully saturated rings. The van der Waals surface area contributed by atoms with E-state index in [0.717, 1.165) is 22.2 Å². The minimum Gasteiger partial charge on any atom is -0.481 e. The zero-order chi connectivity index (χ0) is 12.4. The number of aryl methyl sites for hydroxylation is 3. The summed E-state index contributed by atoms with van der Waals surface area (Å²) in [5, 5.41) is 9.68. The van der Waals surface area contributed by atoms with Crippen LogP contribution < -0.4 is 0 Å². The summed E-state index contributed by atoms with van der Waals surface area (Å²) >= 11 is 0. The molecule has 2 aromatic rings. The molecule has 0 aliphatic heterocycles. The van der Waals surface area contributed by atoms with Crippen molar-refractivity contribution in [3.05, 3.63) is 35.3 Å². The lowest BCUT2D eigenvalue weighted by Crippen LogP contribution is -2.02. The lowest BCUT2D eigenvalue weighted by molar-refractivity contribution is -0.136. The summed E-state index contributed by atoms with van der Waals surface area (Å²) in [5.41, 5.74) is 2.82. The molecule has 4 heteroatoms. The van der Waals surface area contributed by atoms with Crippen LogP contribution in [0.15, 0.2) is 18.2 Å². The first-order valence-electron chi connectivity index (χ1n) is 5.52. The summed E-state index contributed by atoms with van der Waals surface area (Å²) in [7, 11) is 0. The Kier molecular flexibility index (Phi) is 3.04. The van der Waals surface area contributed by atoms with E-state index in [-0.39, 0.29) is 6.42 Å². The highest BCUT2D eigenvalue weighted by Gasteiger charge is 2.08. The normalized spacial score (nSPS) is 10.7. The van der Waals surface area contributed by atoms with Crippen LogP contribution >= 0.6 is 0 Å². The van der Waals surface area contributed by atoms with Crippen LogP contribution in [0, 0.1) is 13.8 Å². The molecule has 0 bridgehead atoms. The van der Waals surface area contributed by atoms with Gasteiger partial charge in [0.05, 0.1) is 17.6 Å². The molecule has 17 heavy (non-hydrogen) atoms. The Bertz CT molecular complexity index is 579. The average molecular weight is 230 g/mol. The maximum Gasteiger partial charge on any atom is 0.303 e. The highest BCUT2D eigenvalue weighted by molar-refractivity contribution is 5.82. The van der Waals surface area contributed by atoms with Gasteiger partial charge in [0.25, 0.3) is 0 Å². The topological polar surface area (TPSA) is 63.1 Å². The zero-order valence-corrected chi connectivity index (χ0v) is 9.90. The number of aliphatic carboxylic acids is 1. The molecule has 0 radical (unpaired) electrons. The van der Waals surface area contributed by atoms with E-state index in [2.05, 4.69) is 9.97 Å². The monoisotopic (exact) mass is 230 g/mol. The fraction of sp³-hybridized carbons (Fsp3) is 0.308. The van der Waals surface area contributed by atoms with Crippen molar-refractivity contribution in [2.75, 3.05) is 0 Å². The van der Waals surface area contributed by atoms with Crippen molar-refractivity contribution < 1.29 is 9.90 Å². The summed E-state index contributed by atoms with van der Waals surface area (Å²) in [6.07, 6.45) is 0.540. The predicted octanol–water partition coefficient (Wildman–Crippen LogP) is 2.26. The van der Waals surface area contributed by atoms with Gasteiger partial charge in [-0.05, 0) is 26.0 Å². The summed E-state index contributed by atoms with van der Waals surface area (Å²) in [6, 6.07) is 5.95. The van der Waals surface area contributed by atoms with Crippen LogP contribution in [0.25, 0.3) is 10.9 Å². The number of rotatable bonds is 3. The zero-order valence-electron chi connectivity index (χ0n) is 9.90. The number of aromatic nitrogens is 2. The van der Waals surface area contributed by atoms with E-state index in [9.17, 15) is 4.79 Å². The molecule has 0 spiro atoms. The Morgan fingerprint density at radius 3 is 2.76 bits per heavy atom.